The van der Waals surface area contributed by atoms with Crippen molar-refractivity contribution in [3.63, 3.8) is 0 Å². The van der Waals surface area contributed by atoms with Crippen LogP contribution in [0.5, 0.6) is 0 Å². The van der Waals surface area contributed by atoms with Crippen LogP contribution in [0, 0.1) is 0 Å². The van der Waals surface area contributed by atoms with Crippen molar-refractivity contribution in [2.75, 3.05) is 13.2 Å². The summed E-state index contributed by atoms with van der Waals surface area (Å²) in [5.74, 6) is -0.885. The van der Waals surface area contributed by atoms with Gasteiger partial charge in [-0.15, -0.1) is 0 Å². The normalized spacial score (nSPS) is 12.6. The van der Waals surface area contributed by atoms with Crippen LogP contribution in [0.15, 0.2) is 85.1 Å². The Kier molecular flexibility index (Phi) is 64.2. The first kappa shape index (κ1) is 75.6. The van der Waals surface area contributed by atoms with Gasteiger partial charge in [-0.25, -0.2) is 0 Å². The smallest absolute Gasteiger partial charge is 0.306 e. The molecular formula is C73H128O6. The summed E-state index contributed by atoms with van der Waals surface area (Å²) < 4.78 is 16.9. The Morgan fingerprint density at radius 3 is 0.772 bits per heavy atom. The highest BCUT2D eigenvalue weighted by Gasteiger charge is 2.19. The second kappa shape index (κ2) is 67.1. The van der Waals surface area contributed by atoms with Crippen molar-refractivity contribution in [2.45, 2.75) is 348 Å². The summed E-state index contributed by atoms with van der Waals surface area (Å²) in [7, 11) is 0. The summed E-state index contributed by atoms with van der Waals surface area (Å²) in [6, 6.07) is 0. The summed E-state index contributed by atoms with van der Waals surface area (Å²) in [6.07, 6.45) is 88.9. The first-order valence-electron chi connectivity index (χ1n) is 34.1. The van der Waals surface area contributed by atoms with E-state index in [-0.39, 0.29) is 31.1 Å². The van der Waals surface area contributed by atoms with Gasteiger partial charge in [-0.3, -0.25) is 14.4 Å². The molecule has 1 atom stereocenters. The fourth-order valence-corrected chi connectivity index (χ4v) is 9.80. The van der Waals surface area contributed by atoms with E-state index in [1.165, 1.54) is 186 Å². The van der Waals surface area contributed by atoms with Crippen LogP contribution in [0.3, 0.4) is 0 Å². The number of ether oxygens (including phenoxy) is 3. The Hall–Kier alpha value is -3.41. The van der Waals surface area contributed by atoms with Gasteiger partial charge in [-0.2, -0.15) is 0 Å². The molecular weight excluding hydrogens is 973 g/mol. The molecule has 6 heteroatoms. The fraction of sp³-hybridized carbons (Fsp3) is 0.767. The molecule has 0 amide bonds. The number of carbonyl (C=O) groups excluding carboxylic acids is 3. The topological polar surface area (TPSA) is 78.9 Å². The molecule has 6 nitrogen and oxygen atoms in total. The number of rotatable bonds is 62. The van der Waals surface area contributed by atoms with Crippen LogP contribution in [-0.2, 0) is 28.6 Å². The molecule has 0 aliphatic heterocycles. The van der Waals surface area contributed by atoms with Crippen LogP contribution in [0.4, 0.5) is 0 Å². The Labute approximate surface area is 490 Å². The fourth-order valence-electron chi connectivity index (χ4n) is 9.80. The van der Waals surface area contributed by atoms with E-state index in [2.05, 4.69) is 106 Å². The highest BCUT2D eigenvalue weighted by atomic mass is 16.6. The predicted octanol–water partition coefficient (Wildman–Crippen LogP) is 23.4. The van der Waals surface area contributed by atoms with Gasteiger partial charge in [-0.1, -0.05) is 311 Å². The molecule has 0 N–H and O–H groups in total. The van der Waals surface area contributed by atoms with E-state index in [0.29, 0.717) is 19.3 Å². The molecule has 79 heavy (non-hydrogen) atoms. The molecule has 1 unspecified atom stereocenters. The molecule has 0 saturated carbocycles. The average Bonchev–Trinajstić information content (AvgIpc) is 3.45. The third-order valence-electron chi connectivity index (χ3n) is 14.9. The van der Waals surface area contributed by atoms with Gasteiger partial charge in [0.1, 0.15) is 13.2 Å². The zero-order chi connectivity index (χ0) is 57.1. The lowest BCUT2D eigenvalue weighted by atomic mass is 10.0. The van der Waals surface area contributed by atoms with E-state index in [1.807, 2.05) is 0 Å². The number of esters is 3. The van der Waals surface area contributed by atoms with Gasteiger partial charge in [0.2, 0.25) is 0 Å². The van der Waals surface area contributed by atoms with Crippen molar-refractivity contribution in [3.8, 4) is 0 Å². The predicted molar refractivity (Wildman–Crippen MR) is 344 cm³/mol. The zero-order valence-electron chi connectivity index (χ0n) is 52.4. The Morgan fingerprint density at radius 1 is 0.266 bits per heavy atom. The first-order chi connectivity index (χ1) is 39.0. The van der Waals surface area contributed by atoms with E-state index in [1.54, 1.807) is 0 Å². The van der Waals surface area contributed by atoms with Gasteiger partial charge < -0.3 is 14.2 Å². The molecule has 0 bridgehead atoms. The van der Waals surface area contributed by atoms with Crippen molar-refractivity contribution < 1.29 is 28.6 Å². The lowest BCUT2D eigenvalue weighted by Crippen LogP contribution is -2.30. The summed E-state index contributed by atoms with van der Waals surface area (Å²) >= 11 is 0. The standard InChI is InChI=1S/C73H128O6/c1-4-7-10-13-16-19-22-24-26-28-30-32-33-34-35-36-37-38-39-41-42-44-46-48-51-54-57-60-63-66-72(75)78-69-70(68-77-71(74)65-62-59-56-53-50-21-18-15-12-9-6-3)79-73(76)67-64-61-58-55-52-49-47-45-43-40-31-29-27-25-23-20-17-14-11-8-5-2/h8,11,17,20,22,24-25,27-28,30-31,40,45,47,70H,4-7,9-10,12-16,18-19,21,23,26,29,32-39,41-44,46,48-69H2,1-3H3/b11-8-,20-17-,24-22-,27-25-,30-28-,40-31-,47-45-. The van der Waals surface area contributed by atoms with E-state index >= 15 is 0 Å². The largest absolute Gasteiger partial charge is 0.462 e. The highest BCUT2D eigenvalue weighted by molar-refractivity contribution is 5.71. The molecule has 0 aromatic heterocycles. The minimum Gasteiger partial charge on any atom is -0.462 e. The maximum absolute atomic E-state index is 12.9. The minimum atomic E-state index is -0.786. The number of hydrogen-bond acceptors (Lipinski definition) is 6. The van der Waals surface area contributed by atoms with Crippen LogP contribution in [0.2, 0.25) is 0 Å². The summed E-state index contributed by atoms with van der Waals surface area (Å²) in [4.78, 5) is 38.3. The zero-order valence-corrected chi connectivity index (χ0v) is 52.4. The quantitative estimate of drug-likeness (QED) is 0.0261. The number of unbranched alkanes of at least 4 members (excludes halogenated alkanes) is 37. The Balaban J connectivity index is 4.22. The SMILES string of the molecule is CC/C=C\C/C=C\C/C=C\C/C=C\C/C=C\CCCCCCCC(=O)OC(COC(=O)CCCCCCCCCCCCC)COC(=O)CCCCCCCCCCCCCCCCCCC/C=C\C/C=C\CCCCCCC. The second-order valence-corrected chi connectivity index (χ2v) is 22.7. The molecule has 0 spiro atoms. The number of allylic oxidation sites excluding steroid dienone is 14. The molecule has 0 aromatic rings. The molecule has 0 saturated heterocycles. The van der Waals surface area contributed by atoms with Crippen LogP contribution < -0.4 is 0 Å². The van der Waals surface area contributed by atoms with Gasteiger partial charge in [0.25, 0.3) is 0 Å². The van der Waals surface area contributed by atoms with Crippen LogP contribution in [-0.4, -0.2) is 37.2 Å². The highest BCUT2D eigenvalue weighted by Crippen LogP contribution is 2.17. The number of hydrogen-bond donors (Lipinski definition) is 0. The maximum atomic E-state index is 12.9. The Morgan fingerprint density at radius 2 is 0.494 bits per heavy atom. The summed E-state index contributed by atoms with van der Waals surface area (Å²) in [6.45, 7) is 6.53. The second-order valence-electron chi connectivity index (χ2n) is 22.7. The molecule has 0 heterocycles. The minimum absolute atomic E-state index is 0.0809. The van der Waals surface area contributed by atoms with Gasteiger partial charge in [-0.05, 0) is 96.3 Å². The van der Waals surface area contributed by atoms with Crippen molar-refractivity contribution in [3.05, 3.63) is 85.1 Å². The molecule has 0 radical (unpaired) electrons. The molecule has 0 aromatic carbocycles. The molecule has 0 rings (SSSR count). The van der Waals surface area contributed by atoms with Crippen molar-refractivity contribution in [1.82, 2.24) is 0 Å². The van der Waals surface area contributed by atoms with E-state index < -0.39 is 6.10 Å². The summed E-state index contributed by atoms with van der Waals surface area (Å²) in [5.41, 5.74) is 0. The maximum Gasteiger partial charge on any atom is 0.306 e. The van der Waals surface area contributed by atoms with E-state index in [9.17, 15) is 14.4 Å². The van der Waals surface area contributed by atoms with Crippen LogP contribution in [0.1, 0.15) is 342 Å². The molecule has 0 aliphatic carbocycles. The molecule has 0 aliphatic rings. The monoisotopic (exact) mass is 1100 g/mol. The van der Waals surface area contributed by atoms with Crippen molar-refractivity contribution in [1.29, 1.82) is 0 Å². The van der Waals surface area contributed by atoms with Gasteiger partial charge >= 0.3 is 17.9 Å². The lowest BCUT2D eigenvalue weighted by Gasteiger charge is -2.18. The van der Waals surface area contributed by atoms with Crippen LogP contribution >= 0.6 is 0 Å². The van der Waals surface area contributed by atoms with Gasteiger partial charge in [0.15, 0.2) is 6.10 Å². The first-order valence-corrected chi connectivity index (χ1v) is 34.1. The van der Waals surface area contributed by atoms with Crippen molar-refractivity contribution in [2.24, 2.45) is 0 Å². The Bertz CT molecular complexity index is 1500. The van der Waals surface area contributed by atoms with E-state index in [0.717, 1.165) is 116 Å². The van der Waals surface area contributed by atoms with Gasteiger partial charge in [0.05, 0.1) is 0 Å². The number of carbonyl (C=O) groups is 3. The lowest BCUT2D eigenvalue weighted by molar-refractivity contribution is -0.167. The van der Waals surface area contributed by atoms with Gasteiger partial charge in [0, 0.05) is 19.3 Å². The average molecular weight is 1100 g/mol. The molecule has 456 valence electrons. The van der Waals surface area contributed by atoms with Crippen molar-refractivity contribution >= 4 is 17.9 Å². The third-order valence-corrected chi connectivity index (χ3v) is 14.9. The van der Waals surface area contributed by atoms with E-state index in [4.69, 9.17) is 14.2 Å². The molecule has 0 fully saturated rings. The summed E-state index contributed by atoms with van der Waals surface area (Å²) in [5, 5.41) is 0. The van der Waals surface area contributed by atoms with Crippen LogP contribution in [0.25, 0.3) is 0 Å². The third kappa shape index (κ3) is 65.3.